The first kappa shape index (κ1) is 18.2. The minimum atomic E-state index is -0.386. The van der Waals surface area contributed by atoms with E-state index in [-0.39, 0.29) is 28.8 Å². The number of carbonyl (C=O) groups excluding carboxylic acids is 2. The van der Waals surface area contributed by atoms with Crippen LogP contribution in [0.3, 0.4) is 0 Å². The van der Waals surface area contributed by atoms with Crippen LogP contribution in [0.25, 0.3) is 0 Å². The Hall–Kier alpha value is -1.11. The smallest absolute Gasteiger partial charge is 0.341 e. The van der Waals surface area contributed by atoms with E-state index < -0.39 is 0 Å². The van der Waals surface area contributed by atoms with Crippen molar-refractivity contribution in [3.63, 3.8) is 0 Å². The number of nitrogens with one attached hydrogen (secondary N) is 1. The molecule has 0 saturated heterocycles. The van der Waals surface area contributed by atoms with Crippen molar-refractivity contribution in [3.05, 3.63) is 16.0 Å². The van der Waals surface area contributed by atoms with Crippen LogP contribution in [0.2, 0.25) is 0 Å². The van der Waals surface area contributed by atoms with Crippen molar-refractivity contribution >= 4 is 39.8 Å². The van der Waals surface area contributed by atoms with Crippen LogP contribution in [0.1, 0.15) is 55.4 Å². The Bertz CT molecular complexity index is 638. The summed E-state index contributed by atoms with van der Waals surface area (Å²) >= 11 is 7.04. The second-order valence-corrected chi connectivity index (χ2v) is 8.34. The van der Waals surface area contributed by atoms with E-state index in [1.807, 2.05) is 0 Å². The standard InChI is InChI=1S/C16H23ClN2O3S/c1-6-22-14(21)11-9-7-15(2,3)19-16(4,5)12(9)23-13(11)18-10(20)8-17/h19H,6-8H2,1-5H3,(H,18,20)/p+1. The van der Waals surface area contributed by atoms with Crippen LogP contribution < -0.4 is 10.6 Å². The molecule has 0 aliphatic carbocycles. The third kappa shape index (κ3) is 3.70. The van der Waals surface area contributed by atoms with E-state index in [1.165, 1.54) is 11.3 Å². The van der Waals surface area contributed by atoms with E-state index in [4.69, 9.17) is 16.3 Å². The number of rotatable bonds is 4. The van der Waals surface area contributed by atoms with Gasteiger partial charge in [0.2, 0.25) is 5.91 Å². The number of halogens is 1. The highest BCUT2D eigenvalue weighted by Gasteiger charge is 2.45. The Labute approximate surface area is 145 Å². The van der Waals surface area contributed by atoms with Gasteiger partial charge in [0, 0.05) is 6.42 Å². The molecule has 3 N–H and O–H groups in total. The van der Waals surface area contributed by atoms with Crippen molar-refractivity contribution in [1.82, 2.24) is 0 Å². The number of carbonyl (C=O) groups is 2. The maximum absolute atomic E-state index is 12.5. The zero-order chi connectivity index (χ0) is 17.4. The summed E-state index contributed by atoms with van der Waals surface area (Å²) in [5.74, 6) is -0.855. The second-order valence-electron chi connectivity index (χ2n) is 7.05. The van der Waals surface area contributed by atoms with E-state index in [2.05, 4.69) is 38.3 Å². The SMILES string of the molecule is CCOC(=O)c1c(NC(=O)CCl)sc2c1CC(C)(C)[NH2+]C2(C)C. The minimum absolute atomic E-state index is 0.0351. The quantitative estimate of drug-likeness (QED) is 0.639. The Morgan fingerprint density at radius 1 is 1.35 bits per heavy atom. The van der Waals surface area contributed by atoms with Gasteiger partial charge in [-0.3, -0.25) is 4.79 Å². The van der Waals surface area contributed by atoms with Crippen LogP contribution in [-0.4, -0.2) is 29.9 Å². The topological polar surface area (TPSA) is 72.0 Å². The summed E-state index contributed by atoms with van der Waals surface area (Å²) in [6.07, 6.45) is 0.743. The minimum Gasteiger partial charge on any atom is -0.462 e. The lowest BCUT2D eigenvalue weighted by atomic mass is 9.81. The molecule has 2 rings (SSSR count). The first-order chi connectivity index (χ1) is 10.6. The van der Waals surface area contributed by atoms with Gasteiger partial charge in [0.25, 0.3) is 0 Å². The lowest BCUT2D eigenvalue weighted by molar-refractivity contribution is -0.789. The van der Waals surface area contributed by atoms with E-state index in [1.54, 1.807) is 6.92 Å². The molecule has 1 aromatic rings. The van der Waals surface area contributed by atoms with Gasteiger partial charge in [0.05, 0.1) is 22.6 Å². The number of hydrogen-bond acceptors (Lipinski definition) is 4. The third-order valence-corrected chi connectivity index (χ3v) is 5.56. The van der Waals surface area contributed by atoms with E-state index in [0.29, 0.717) is 17.2 Å². The zero-order valence-electron chi connectivity index (χ0n) is 14.2. The number of quaternary nitrogens is 1. The molecule has 128 valence electrons. The molecule has 0 saturated carbocycles. The summed E-state index contributed by atoms with van der Waals surface area (Å²) < 4.78 is 5.22. The average molecular weight is 360 g/mol. The Morgan fingerprint density at radius 2 is 2.00 bits per heavy atom. The molecule has 0 radical (unpaired) electrons. The molecule has 0 atom stereocenters. The van der Waals surface area contributed by atoms with E-state index >= 15 is 0 Å². The number of nitrogens with two attached hydrogens (primary N) is 1. The van der Waals surface area contributed by atoms with Crippen LogP contribution >= 0.6 is 22.9 Å². The van der Waals surface area contributed by atoms with Crippen molar-refractivity contribution in [2.45, 2.75) is 52.1 Å². The van der Waals surface area contributed by atoms with Crippen LogP contribution in [-0.2, 0) is 21.5 Å². The van der Waals surface area contributed by atoms with E-state index in [0.717, 1.165) is 16.9 Å². The molecule has 2 heterocycles. The molecule has 23 heavy (non-hydrogen) atoms. The Kier molecular flexibility index (Phi) is 5.09. The van der Waals surface area contributed by atoms with Gasteiger partial charge in [-0.15, -0.1) is 22.9 Å². The predicted octanol–water partition coefficient (Wildman–Crippen LogP) is 2.24. The first-order valence-electron chi connectivity index (χ1n) is 7.67. The molecule has 0 fully saturated rings. The number of esters is 1. The molecule has 0 aromatic carbocycles. The fraction of sp³-hybridized carbons (Fsp3) is 0.625. The summed E-state index contributed by atoms with van der Waals surface area (Å²) in [6, 6.07) is 0. The third-order valence-electron chi connectivity index (χ3n) is 3.83. The number of fused-ring (bicyclic) bond motifs is 1. The van der Waals surface area contributed by atoms with Crippen LogP contribution in [0.15, 0.2) is 0 Å². The lowest BCUT2D eigenvalue weighted by Crippen LogP contribution is -3.03. The molecular formula is C16H24ClN2O3S+. The number of hydrogen-bond donors (Lipinski definition) is 2. The molecule has 1 aromatic heterocycles. The van der Waals surface area contributed by atoms with Gasteiger partial charge in [0.15, 0.2) is 0 Å². The van der Waals surface area contributed by atoms with Gasteiger partial charge in [0.1, 0.15) is 16.4 Å². The molecule has 0 spiro atoms. The predicted molar refractivity (Wildman–Crippen MR) is 92.4 cm³/mol. The lowest BCUT2D eigenvalue weighted by Gasteiger charge is -2.38. The molecule has 1 aliphatic rings. The molecule has 0 unspecified atom stereocenters. The maximum atomic E-state index is 12.5. The van der Waals surface area contributed by atoms with Crippen molar-refractivity contribution in [1.29, 1.82) is 0 Å². The van der Waals surface area contributed by atoms with Crippen molar-refractivity contribution in [2.24, 2.45) is 0 Å². The largest absolute Gasteiger partial charge is 0.462 e. The summed E-state index contributed by atoms with van der Waals surface area (Å²) in [4.78, 5) is 25.3. The normalized spacial score (nSPS) is 18.2. The monoisotopic (exact) mass is 359 g/mol. The number of thiophene rings is 1. The van der Waals surface area contributed by atoms with Gasteiger partial charge >= 0.3 is 5.97 Å². The van der Waals surface area contributed by atoms with Crippen molar-refractivity contribution in [2.75, 3.05) is 17.8 Å². The van der Waals surface area contributed by atoms with Gasteiger partial charge in [-0.1, -0.05) is 0 Å². The Balaban J connectivity index is 2.59. The molecule has 5 nitrogen and oxygen atoms in total. The van der Waals surface area contributed by atoms with Gasteiger partial charge in [-0.2, -0.15) is 0 Å². The summed E-state index contributed by atoms with van der Waals surface area (Å²) in [7, 11) is 0. The summed E-state index contributed by atoms with van der Waals surface area (Å²) in [6.45, 7) is 10.6. The van der Waals surface area contributed by atoms with Crippen LogP contribution in [0, 0.1) is 0 Å². The molecule has 1 aliphatic heterocycles. The van der Waals surface area contributed by atoms with Crippen molar-refractivity contribution < 1.29 is 19.6 Å². The number of anilines is 1. The first-order valence-corrected chi connectivity index (χ1v) is 9.02. The zero-order valence-corrected chi connectivity index (χ0v) is 15.8. The molecule has 7 heteroatoms. The molecule has 1 amide bonds. The summed E-state index contributed by atoms with van der Waals surface area (Å²) in [5, 5.41) is 5.60. The fourth-order valence-corrected chi connectivity index (χ4v) is 4.73. The van der Waals surface area contributed by atoms with Gasteiger partial charge in [-0.05, 0) is 40.2 Å². The number of amides is 1. The highest BCUT2D eigenvalue weighted by Crippen LogP contribution is 2.42. The van der Waals surface area contributed by atoms with Crippen molar-refractivity contribution in [3.8, 4) is 0 Å². The average Bonchev–Trinajstić information content (AvgIpc) is 2.75. The molecule has 0 bridgehead atoms. The van der Waals surface area contributed by atoms with E-state index in [9.17, 15) is 9.59 Å². The fourth-order valence-electron chi connectivity index (χ4n) is 3.37. The maximum Gasteiger partial charge on any atom is 0.341 e. The number of alkyl halides is 1. The number of ether oxygens (including phenoxy) is 1. The summed E-state index contributed by atoms with van der Waals surface area (Å²) in [5.41, 5.74) is 1.26. The second kappa shape index (κ2) is 6.42. The highest BCUT2D eigenvalue weighted by molar-refractivity contribution is 7.17. The van der Waals surface area contributed by atoms with Gasteiger partial charge < -0.3 is 15.4 Å². The van der Waals surface area contributed by atoms with Crippen LogP contribution in [0.4, 0.5) is 5.00 Å². The Morgan fingerprint density at radius 3 is 2.57 bits per heavy atom. The van der Waals surface area contributed by atoms with Crippen LogP contribution in [0.5, 0.6) is 0 Å². The van der Waals surface area contributed by atoms with Gasteiger partial charge in [-0.25, -0.2) is 4.79 Å². The highest BCUT2D eigenvalue weighted by atomic mass is 35.5. The molecular weight excluding hydrogens is 336 g/mol.